The van der Waals surface area contributed by atoms with Crippen LogP contribution in [0.5, 0.6) is 0 Å². The molecule has 2 heterocycles. The molecule has 0 spiro atoms. The van der Waals surface area contributed by atoms with Gasteiger partial charge in [-0.15, -0.1) is 0 Å². The minimum Gasteiger partial charge on any atom is -0.338 e. The van der Waals surface area contributed by atoms with E-state index in [2.05, 4.69) is 63.0 Å². The van der Waals surface area contributed by atoms with Crippen molar-refractivity contribution in [2.45, 2.75) is 44.7 Å². The summed E-state index contributed by atoms with van der Waals surface area (Å²) in [6.07, 6.45) is 2.07. The Balaban J connectivity index is 1.66. The molecule has 1 saturated heterocycles. The van der Waals surface area contributed by atoms with Gasteiger partial charge in [-0.1, -0.05) is 12.1 Å². The Labute approximate surface area is 169 Å². The number of piperidine rings is 1. The number of likely N-dealkylation sites (tertiary alicyclic amines) is 1. The molecule has 1 N–H and O–H groups in total. The van der Waals surface area contributed by atoms with Gasteiger partial charge in [-0.3, -0.25) is 0 Å². The van der Waals surface area contributed by atoms with Crippen molar-refractivity contribution in [1.29, 1.82) is 0 Å². The highest BCUT2D eigenvalue weighted by atomic mass is 79.9. The highest BCUT2D eigenvalue weighted by Gasteiger charge is 2.41. The molecule has 1 unspecified atom stereocenters. The van der Waals surface area contributed by atoms with Crippen LogP contribution in [0.1, 0.15) is 37.3 Å². The molecule has 5 nitrogen and oxygen atoms in total. The molecule has 1 aromatic heterocycles. The first kappa shape index (κ1) is 18.8. The number of fused-ring (bicyclic) bond motifs is 2. The highest BCUT2D eigenvalue weighted by Crippen LogP contribution is 2.46. The van der Waals surface area contributed by atoms with Gasteiger partial charge in [-0.05, 0) is 66.9 Å². The van der Waals surface area contributed by atoms with Gasteiger partial charge in [0.15, 0.2) is 0 Å². The van der Waals surface area contributed by atoms with E-state index >= 15 is 0 Å². The number of aryl methyl sites for hydroxylation is 1. The number of benzene rings is 1. The number of aromatic nitrogens is 1. The van der Waals surface area contributed by atoms with Crippen molar-refractivity contribution in [3.63, 3.8) is 0 Å². The number of hydrogen-bond acceptors (Lipinski definition) is 2. The van der Waals surface area contributed by atoms with Crippen molar-refractivity contribution in [1.82, 2.24) is 19.7 Å². The van der Waals surface area contributed by atoms with Gasteiger partial charge in [0, 0.05) is 55.6 Å². The van der Waals surface area contributed by atoms with E-state index in [0.29, 0.717) is 12.0 Å². The van der Waals surface area contributed by atoms with Crippen LogP contribution >= 0.6 is 15.9 Å². The second-order valence-corrected chi connectivity index (χ2v) is 8.69. The summed E-state index contributed by atoms with van der Waals surface area (Å²) in [5.74, 6) is 0.455. The zero-order chi connectivity index (χ0) is 19.3. The SMILES string of the molecule is CCN(CC)C(=O)N[C@H]1CC2c3cccc4c3c(c(Br)n4C)C[C@H]2N(C)C1. The molecule has 0 radical (unpaired) electrons. The van der Waals surface area contributed by atoms with Gasteiger partial charge in [0.2, 0.25) is 0 Å². The first-order valence-corrected chi connectivity index (χ1v) is 10.8. The third-order valence-electron chi connectivity index (χ3n) is 6.55. The van der Waals surface area contributed by atoms with Crippen molar-refractivity contribution in [2.75, 3.05) is 26.7 Å². The summed E-state index contributed by atoms with van der Waals surface area (Å²) in [4.78, 5) is 16.9. The summed E-state index contributed by atoms with van der Waals surface area (Å²) >= 11 is 3.82. The van der Waals surface area contributed by atoms with E-state index in [1.54, 1.807) is 0 Å². The molecule has 6 heteroatoms. The number of nitrogens with one attached hydrogen (secondary N) is 1. The number of carbonyl (C=O) groups is 1. The Morgan fingerprint density at radius 1 is 1.30 bits per heavy atom. The molecule has 2 aliphatic rings. The maximum absolute atomic E-state index is 12.6. The van der Waals surface area contributed by atoms with Crippen LogP contribution in [0.15, 0.2) is 22.8 Å². The van der Waals surface area contributed by atoms with Crippen LogP contribution in [0, 0.1) is 0 Å². The largest absolute Gasteiger partial charge is 0.338 e. The Hall–Kier alpha value is -1.53. The number of nitrogens with zero attached hydrogens (tertiary/aromatic N) is 3. The second-order valence-electron chi connectivity index (χ2n) is 7.94. The van der Waals surface area contributed by atoms with Gasteiger partial charge in [0.25, 0.3) is 0 Å². The van der Waals surface area contributed by atoms with Crippen LogP contribution in [0.25, 0.3) is 10.9 Å². The van der Waals surface area contributed by atoms with Crippen LogP contribution in [0.2, 0.25) is 0 Å². The topological polar surface area (TPSA) is 40.5 Å². The fourth-order valence-corrected chi connectivity index (χ4v) is 5.67. The molecule has 0 bridgehead atoms. The van der Waals surface area contributed by atoms with Gasteiger partial charge >= 0.3 is 6.03 Å². The zero-order valence-electron chi connectivity index (χ0n) is 16.6. The lowest BCUT2D eigenvalue weighted by atomic mass is 9.74. The summed E-state index contributed by atoms with van der Waals surface area (Å²) in [6.45, 7) is 6.46. The van der Waals surface area contributed by atoms with Crippen LogP contribution in [-0.4, -0.2) is 59.2 Å². The second kappa shape index (κ2) is 7.13. The number of hydrogen-bond donors (Lipinski definition) is 1. The average molecular weight is 433 g/mol. The summed E-state index contributed by atoms with van der Waals surface area (Å²) in [6, 6.07) is 7.41. The van der Waals surface area contributed by atoms with E-state index in [0.717, 1.165) is 32.5 Å². The smallest absolute Gasteiger partial charge is 0.317 e. The molecule has 0 saturated carbocycles. The highest BCUT2D eigenvalue weighted by molar-refractivity contribution is 9.10. The minimum absolute atomic E-state index is 0.0639. The number of halogens is 1. The molecule has 4 rings (SSSR count). The van der Waals surface area contributed by atoms with Crippen molar-refractivity contribution >= 4 is 32.9 Å². The predicted molar refractivity (Wildman–Crippen MR) is 113 cm³/mol. The summed E-state index contributed by atoms with van der Waals surface area (Å²) in [5, 5.41) is 4.70. The third kappa shape index (κ3) is 2.97. The van der Waals surface area contributed by atoms with E-state index in [1.165, 1.54) is 26.6 Å². The van der Waals surface area contributed by atoms with Gasteiger partial charge in [0.05, 0.1) is 4.60 Å². The Morgan fingerprint density at radius 2 is 2.04 bits per heavy atom. The molecular formula is C21H29BrN4O. The van der Waals surface area contributed by atoms with Crippen LogP contribution < -0.4 is 5.32 Å². The zero-order valence-corrected chi connectivity index (χ0v) is 18.2. The molecule has 2 amide bonds. The van der Waals surface area contributed by atoms with E-state index in [9.17, 15) is 4.79 Å². The summed E-state index contributed by atoms with van der Waals surface area (Å²) in [7, 11) is 4.33. The molecule has 1 aromatic carbocycles. The standard InChI is InChI=1S/C21H29BrN4O/c1-5-26(6-2)21(27)23-13-10-15-14-8-7-9-17-19(14)16(20(22)25(17)4)11-18(15)24(3)12-13/h7-9,13,15,18H,5-6,10-12H2,1-4H3,(H,23,27)/t13-,15?,18+/m0/s1. The molecule has 3 atom stereocenters. The van der Waals surface area contributed by atoms with Gasteiger partial charge in [0.1, 0.15) is 0 Å². The third-order valence-corrected chi connectivity index (χ3v) is 7.56. The Bertz CT molecular complexity index is 873. The number of rotatable bonds is 3. The quantitative estimate of drug-likeness (QED) is 0.802. The maximum Gasteiger partial charge on any atom is 0.317 e. The Morgan fingerprint density at radius 3 is 2.74 bits per heavy atom. The maximum atomic E-state index is 12.6. The van der Waals surface area contributed by atoms with Gasteiger partial charge < -0.3 is 19.7 Å². The molecule has 2 aromatic rings. The van der Waals surface area contributed by atoms with Crippen molar-refractivity contribution in [2.24, 2.45) is 7.05 Å². The monoisotopic (exact) mass is 432 g/mol. The van der Waals surface area contributed by atoms with Crippen molar-refractivity contribution in [3.05, 3.63) is 33.9 Å². The van der Waals surface area contributed by atoms with Crippen molar-refractivity contribution in [3.8, 4) is 0 Å². The van der Waals surface area contributed by atoms with E-state index in [4.69, 9.17) is 0 Å². The fraction of sp³-hybridized carbons (Fsp3) is 0.571. The number of carbonyl (C=O) groups excluding carboxylic acids is 1. The van der Waals surface area contributed by atoms with Crippen LogP contribution in [0.3, 0.4) is 0 Å². The lowest BCUT2D eigenvalue weighted by molar-refractivity contribution is 0.124. The summed E-state index contributed by atoms with van der Waals surface area (Å²) in [5.41, 5.74) is 4.17. The number of urea groups is 1. The minimum atomic E-state index is 0.0639. The fourth-order valence-electron chi connectivity index (χ4n) is 5.12. The lowest BCUT2D eigenvalue weighted by Gasteiger charge is -2.46. The normalized spacial score (nSPS) is 24.7. The van der Waals surface area contributed by atoms with E-state index < -0.39 is 0 Å². The number of likely N-dealkylation sites (N-methyl/N-ethyl adjacent to an activating group) is 1. The first-order valence-electron chi connectivity index (χ1n) is 9.97. The van der Waals surface area contributed by atoms with Gasteiger partial charge in [-0.25, -0.2) is 4.79 Å². The van der Waals surface area contributed by atoms with Gasteiger partial charge in [-0.2, -0.15) is 0 Å². The predicted octanol–water partition coefficient (Wildman–Crippen LogP) is 3.70. The molecule has 1 aliphatic heterocycles. The van der Waals surface area contributed by atoms with Crippen LogP contribution in [0.4, 0.5) is 4.79 Å². The van der Waals surface area contributed by atoms with E-state index in [-0.39, 0.29) is 12.1 Å². The van der Waals surface area contributed by atoms with Crippen molar-refractivity contribution < 1.29 is 4.79 Å². The summed E-state index contributed by atoms with van der Waals surface area (Å²) < 4.78 is 3.46. The van der Waals surface area contributed by atoms with E-state index in [1.807, 2.05) is 18.7 Å². The molecule has 146 valence electrons. The molecule has 27 heavy (non-hydrogen) atoms. The van der Waals surface area contributed by atoms with Crippen LogP contribution in [-0.2, 0) is 13.5 Å². The first-order chi connectivity index (χ1) is 13.0. The molecule has 1 aliphatic carbocycles. The number of amides is 2. The molecular weight excluding hydrogens is 404 g/mol. The lowest BCUT2D eigenvalue weighted by Crippen LogP contribution is -2.56. The average Bonchev–Trinajstić information content (AvgIpc) is 2.90. The molecule has 1 fully saturated rings. The Kier molecular flexibility index (Phi) is 4.97.